The minimum Gasteiger partial charge on any atom is -0.313 e. The van der Waals surface area contributed by atoms with Crippen molar-refractivity contribution in [3.63, 3.8) is 0 Å². The van der Waals surface area contributed by atoms with Crippen molar-refractivity contribution in [2.24, 2.45) is 0 Å². The van der Waals surface area contributed by atoms with Crippen molar-refractivity contribution >= 4 is 0 Å². The molecule has 1 aliphatic heterocycles. The van der Waals surface area contributed by atoms with Crippen molar-refractivity contribution in [2.45, 2.75) is 65.1 Å². The lowest BCUT2D eigenvalue weighted by atomic mass is 10.1. The molecule has 0 saturated carbocycles. The van der Waals surface area contributed by atoms with Crippen molar-refractivity contribution in [3.05, 3.63) is 0 Å². The maximum absolute atomic E-state index is 3.58. The summed E-state index contributed by atoms with van der Waals surface area (Å²) in [6.07, 6.45) is 3.97. The zero-order valence-corrected chi connectivity index (χ0v) is 10.2. The molecule has 84 valence electrons. The van der Waals surface area contributed by atoms with Gasteiger partial charge in [0.1, 0.15) is 0 Å². The monoisotopic (exact) mass is 198 g/mol. The van der Waals surface area contributed by atoms with Crippen molar-refractivity contribution in [2.75, 3.05) is 13.1 Å². The van der Waals surface area contributed by atoms with Gasteiger partial charge in [-0.05, 0) is 46.6 Å². The van der Waals surface area contributed by atoms with Crippen LogP contribution in [0.25, 0.3) is 0 Å². The van der Waals surface area contributed by atoms with Gasteiger partial charge in [0.15, 0.2) is 0 Å². The fraction of sp³-hybridized carbons (Fsp3) is 1.00. The lowest BCUT2D eigenvalue weighted by Crippen LogP contribution is -2.45. The average molecular weight is 198 g/mol. The second-order valence-corrected chi connectivity index (χ2v) is 4.84. The van der Waals surface area contributed by atoms with Gasteiger partial charge in [-0.1, -0.05) is 6.92 Å². The number of nitrogens with zero attached hydrogens (tertiary/aromatic N) is 1. The van der Waals surface area contributed by atoms with Crippen LogP contribution in [0.4, 0.5) is 0 Å². The fourth-order valence-electron chi connectivity index (χ4n) is 2.30. The Morgan fingerprint density at radius 2 is 2.07 bits per heavy atom. The van der Waals surface area contributed by atoms with Gasteiger partial charge in [0.05, 0.1) is 0 Å². The normalized spacial score (nSPS) is 24.9. The van der Waals surface area contributed by atoms with Crippen molar-refractivity contribution in [3.8, 4) is 0 Å². The van der Waals surface area contributed by atoms with Gasteiger partial charge in [0, 0.05) is 24.7 Å². The van der Waals surface area contributed by atoms with Crippen LogP contribution in [-0.2, 0) is 0 Å². The first-order valence-corrected chi connectivity index (χ1v) is 6.14. The number of rotatable bonds is 5. The molecule has 2 unspecified atom stereocenters. The van der Waals surface area contributed by atoms with Crippen LogP contribution in [0.2, 0.25) is 0 Å². The third kappa shape index (κ3) is 3.25. The van der Waals surface area contributed by atoms with Crippen LogP contribution in [0.15, 0.2) is 0 Å². The molecule has 1 heterocycles. The molecule has 0 bridgehead atoms. The maximum atomic E-state index is 3.58. The summed E-state index contributed by atoms with van der Waals surface area (Å²) in [6, 6.07) is 2.14. The Bertz CT molecular complexity index is 150. The first-order valence-electron chi connectivity index (χ1n) is 6.14. The lowest BCUT2D eigenvalue weighted by molar-refractivity contribution is 0.146. The highest BCUT2D eigenvalue weighted by molar-refractivity contribution is 4.81. The summed E-state index contributed by atoms with van der Waals surface area (Å²) in [4.78, 5) is 2.63. The van der Waals surface area contributed by atoms with Crippen LogP contribution < -0.4 is 5.32 Å². The van der Waals surface area contributed by atoms with E-state index in [0.29, 0.717) is 6.04 Å². The SMILES string of the molecule is CCC(C)N(CC1CCCN1)C(C)C. The van der Waals surface area contributed by atoms with Gasteiger partial charge in [0.2, 0.25) is 0 Å². The minimum absolute atomic E-state index is 0.673. The minimum atomic E-state index is 0.673. The van der Waals surface area contributed by atoms with E-state index in [1.807, 2.05) is 0 Å². The summed E-state index contributed by atoms with van der Waals surface area (Å²) in [7, 11) is 0. The molecular weight excluding hydrogens is 172 g/mol. The predicted octanol–water partition coefficient (Wildman–Crippen LogP) is 2.25. The number of hydrogen-bond acceptors (Lipinski definition) is 2. The summed E-state index contributed by atoms with van der Waals surface area (Å²) in [5.41, 5.74) is 0. The van der Waals surface area contributed by atoms with Crippen LogP contribution in [0.3, 0.4) is 0 Å². The Hall–Kier alpha value is -0.0800. The van der Waals surface area contributed by atoms with Gasteiger partial charge < -0.3 is 5.32 Å². The molecule has 0 aliphatic carbocycles. The van der Waals surface area contributed by atoms with E-state index < -0.39 is 0 Å². The summed E-state index contributed by atoms with van der Waals surface area (Å²) in [5.74, 6) is 0. The molecule has 2 atom stereocenters. The highest BCUT2D eigenvalue weighted by Crippen LogP contribution is 2.13. The van der Waals surface area contributed by atoms with Crippen molar-refractivity contribution in [1.29, 1.82) is 0 Å². The van der Waals surface area contributed by atoms with Crippen LogP contribution >= 0.6 is 0 Å². The van der Waals surface area contributed by atoms with E-state index in [2.05, 4.69) is 37.9 Å². The predicted molar refractivity (Wildman–Crippen MR) is 62.6 cm³/mol. The molecule has 0 aromatic rings. The molecule has 1 rings (SSSR count). The highest BCUT2D eigenvalue weighted by Gasteiger charge is 2.22. The second kappa shape index (κ2) is 5.72. The summed E-state index contributed by atoms with van der Waals surface area (Å²) in [6.45, 7) is 11.7. The van der Waals surface area contributed by atoms with Gasteiger partial charge in [-0.15, -0.1) is 0 Å². The molecule has 0 amide bonds. The third-order valence-corrected chi connectivity index (χ3v) is 3.41. The summed E-state index contributed by atoms with van der Waals surface area (Å²) in [5, 5.41) is 3.58. The van der Waals surface area contributed by atoms with E-state index in [0.717, 1.165) is 12.1 Å². The zero-order valence-electron chi connectivity index (χ0n) is 10.2. The van der Waals surface area contributed by atoms with Crippen LogP contribution in [0.1, 0.15) is 47.0 Å². The lowest BCUT2D eigenvalue weighted by Gasteiger charge is -2.34. The second-order valence-electron chi connectivity index (χ2n) is 4.84. The largest absolute Gasteiger partial charge is 0.313 e. The van der Waals surface area contributed by atoms with Crippen molar-refractivity contribution in [1.82, 2.24) is 10.2 Å². The first-order chi connectivity index (χ1) is 6.65. The van der Waals surface area contributed by atoms with Gasteiger partial charge in [-0.3, -0.25) is 4.90 Å². The molecule has 2 heteroatoms. The van der Waals surface area contributed by atoms with Gasteiger partial charge in [0.25, 0.3) is 0 Å². The maximum Gasteiger partial charge on any atom is 0.0195 e. The quantitative estimate of drug-likeness (QED) is 0.729. The Balaban J connectivity index is 2.41. The van der Waals surface area contributed by atoms with Crippen LogP contribution in [-0.4, -0.2) is 36.1 Å². The molecule has 14 heavy (non-hydrogen) atoms. The van der Waals surface area contributed by atoms with Gasteiger partial charge in [-0.25, -0.2) is 0 Å². The molecule has 0 radical (unpaired) electrons. The molecule has 0 aromatic carbocycles. The smallest absolute Gasteiger partial charge is 0.0195 e. The highest BCUT2D eigenvalue weighted by atomic mass is 15.2. The van der Waals surface area contributed by atoms with Crippen LogP contribution in [0, 0.1) is 0 Å². The molecule has 1 fully saturated rings. The molecule has 0 aromatic heterocycles. The fourth-order valence-corrected chi connectivity index (χ4v) is 2.30. The van der Waals surface area contributed by atoms with Gasteiger partial charge >= 0.3 is 0 Å². The topological polar surface area (TPSA) is 15.3 Å². The molecule has 2 nitrogen and oxygen atoms in total. The summed E-state index contributed by atoms with van der Waals surface area (Å²) >= 11 is 0. The zero-order chi connectivity index (χ0) is 10.6. The molecule has 1 saturated heterocycles. The molecular formula is C12H26N2. The number of nitrogens with one attached hydrogen (secondary N) is 1. The number of hydrogen-bond donors (Lipinski definition) is 1. The Labute approximate surface area is 89.1 Å². The van der Waals surface area contributed by atoms with Crippen LogP contribution in [0.5, 0.6) is 0 Å². The Morgan fingerprint density at radius 3 is 2.50 bits per heavy atom. The molecule has 1 aliphatic rings. The van der Waals surface area contributed by atoms with Crippen molar-refractivity contribution < 1.29 is 0 Å². The standard InChI is InChI=1S/C12H26N2/c1-5-11(4)14(10(2)3)9-12-7-6-8-13-12/h10-13H,5-9H2,1-4H3. The van der Waals surface area contributed by atoms with E-state index >= 15 is 0 Å². The first kappa shape index (κ1) is 12.0. The Kier molecular flexibility index (Phi) is 4.90. The Morgan fingerprint density at radius 1 is 1.36 bits per heavy atom. The van der Waals surface area contributed by atoms with E-state index in [1.54, 1.807) is 0 Å². The third-order valence-electron chi connectivity index (χ3n) is 3.41. The van der Waals surface area contributed by atoms with E-state index in [-0.39, 0.29) is 0 Å². The van der Waals surface area contributed by atoms with Gasteiger partial charge in [-0.2, -0.15) is 0 Å². The average Bonchev–Trinajstić information content (AvgIpc) is 2.65. The summed E-state index contributed by atoms with van der Waals surface area (Å²) < 4.78 is 0. The van der Waals surface area contributed by atoms with E-state index in [1.165, 1.54) is 32.4 Å². The molecule has 1 N–H and O–H groups in total. The van der Waals surface area contributed by atoms with E-state index in [4.69, 9.17) is 0 Å². The molecule has 0 spiro atoms. The van der Waals surface area contributed by atoms with E-state index in [9.17, 15) is 0 Å².